The molecule has 1 aromatic heterocycles. The molecule has 98 valence electrons. The molecule has 0 radical (unpaired) electrons. The molecule has 0 saturated carbocycles. The van der Waals surface area contributed by atoms with Crippen LogP contribution in [0.1, 0.15) is 30.3 Å². The lowest BCUT2D eigenvalue weighted by molar-refractivity contribution is 0.0622. The molecule has 0 bridgehead atoms. The summed E-state index contributed by atoms with van der Waals surface area (Å²) in [5, 5.41) is 12.1. The normalized spacial score (nSPS) is 18.3. The van der Waals surface area contributed by atoms with E-state index >= 15 is 0 Å². The average molecular weight is 250 g/mol. The Morgan fingerprint density at radius 3 is 2.78 bits per heavy atom. The van der Waals surface area contributed by atoms with Crippen LogP contribution >= 0.6 is 0 Å². The molecule has 18 heavy (non-hydrogen) atoms. The number of hydrogen-bond acceptors (Lipinski definition) is 4. The molecule has 1 aromatic rings. The van der Waals surface area contributed by atoms with Crippen molar-refractivity contribution in [1.29, 1.82) is 0 Å². The Labute approximate surface area is 106 Å². The van der Waals surface area contributed by atoms with E-state index in [1.807, 2.05) is 0 Å². The van der Waals surface area contributed by atoms with Gasteiger partial charge in [0.1, 0.15) is 5.69 Å². The number of nitrogens with zero attached hydrogens (tertiary/aromatic N) is 1. The van der Waals surface area contributed by atoms with Crippen LogP contribution in [0.25, 0.3) is 0 Å². The molecule has 5 nitrogen and oxygen atoms in total. The van der Waals surface area contributed by atoms with Gasteiger partial charge in [-0.2, -0.15) is 0 Å². The standard InChI is InChI=1S/C13H18N2O3/c1-9(10-4-6-18-7-5-10)15-11-2-3-12(13(16)17)14-8-11/h2-3,8-10,15H,4-7H2,1H3,(H,16,17). The number of ether oxygens (including phenoxy) is 1. The number of aromatic nitrogens is 1. The highest BCUT2D eigenvalue weighted by Crippen LogP contribution is 2.21. The highest BCUT2D eigenvalue weighted by molar-refractivity contribution is 5.85. The third-order valence-electron chi connectivity index (χ3n) is 3.35. The van der Waals surface area contributed by atoms with Crippen LogP contribution in [0.5, 0.6) is 0 Å². The summed E-state index contributed by atoms with van der Waals surface area (Å²) >= 11 is 0. The van der Waals surface area contributed by atoms with Gasteiger partial charge in [-0.15, -0.1) is 0 Å². The second-order valence-corrected chi connectivity index (χ2v) is 4.62. The van der Waals surface area contributed by atoms with Crippen molar-refractivity contribution in [3.05, 3.63) is 24.0 Å². The number of rotatable bonds is 4. The first-order valence-corrected chi connectivity index (χ1v) is 6.20. The molecule has 1 fully saturated rings. The monoisotopic (exact) mass is 250 g/mol. The fourth-order valence-corrected chi connectivity index (χ4v) is 2.20. The van der Waals surface area contributed by atoms with Crippen LogP contribution in [0, 0.1) is 5.92 Å². The molecule has 1 aliphatic rings. The zero-order valence-corrected chi connectivity index (χ0v) is 10.4. The molecule has 2 heterocycles. The maximum absolute atomic E-state index is 10.7. The van der Waals surface area contributed by atoms with E-state index in [1.165, 1.54) is 6.07 Å². The minimum atomic E-state index is -1.00. The van der Waals surface area contributed by atoms with Crippen LogP contribution in [0.2, 0.25) is 0 Å². The highest BCUT2D eigenvalue weighted by atomic mass is 16.5. The first-order chi connectivity index (χ1) is 8.66. The van der Waals surface area contributed by atoms with Crippen LogP contribution in [0.15, 0.2) is 18.3 Å². The number of pyridine rings is 1. The largest absolute Gasteiger partial charge is 0.477 e. The van der Waals surface area contributed by atoms with Crippen molar-refractivity contribution in [1.82, 2.24) is 4.98 Å². The van der Waals surface area contributed by atoms with E-state index in [1.54, 1.807) is 12.3 Å². The minimum Gasteiger partial charge on any atom is -0.477 e. The quantitative estimate of drug-likeness (QED) is 0.855. The third-order valence-corrected chi connectivity index (χ3v) is 3.35. The van der Waals surface area contributed by atoms with Gasteiger partial charge in [0.25, 0.3) is 0 Å². The van der Waals surface area contributed by atoms with Gasteiger partial charge in [-0.3, -0.25) is 0 Å². The molecular formula is C13H18N2O3. The van der Waals surface area contributed by atoms with Crippen molar-refractivity contribution in [3.8, 4) is 0 Å². The van der Waals surface area contributed by atoms with Gasteiger partial charge in [0.15, 0.2) is 0 Å². The summed E-state index contributed by atoms with van der Waals surface area (Å²) in [6.45, 7) is 3.79. The number of carbonyl (C=O) groups is 1. The van der Waals surface area contributed by atoms with Gasteiger partial charge in [0.2, 0.25) is 0 Å². The van der Waals surface area contributed by atoms with Crippen molar-refractivity contribution < 1.29 is 14.6 Å². The lowest BCUT2D eigenvalue weighted by Gasteiger charge is -2.28. The summed E-state index contributed by atoms with van der Waals surface area (Å²) in [5.41, 5.74) is 0.929. The second kappa shape index (κ2) is 5.82. The van der Waals surface area contributed by atoms with Crippen molar-refractivity contribution in [3.63, 3.8) is 0 Å². The Kier molecular flexibility index (Phi) is 4.15. The van der Waals surface area contributed by atoms with Crippen molar-refractivity contribution in [2.45, 2.75) is 25.8 Å². The van der Waals surface area contributed by atoms with Crippen molar-refractivity contribution >= 4 is 11.7 Å². The zero-order valence-electron chi connectivity index (χ0n) is 10.4. The molecule has 2 N–H and O–H groups in total. The van der Waals surface area contributed by atoms with Gasteiger partial charge in [0.05, 0.1) is 11.9 Å². The summed E-state index contributed by atoms with van der Waals surface area (Å²) < 4.78 is 5.34. The van der Waals surface area contributed by atoms with Crippen LogP contribution in [0.4, 0.5) is 5.69 Å². The molecular weight excluding hydrogens is 232 g/mol. The van der Waals surface area contributed by atoms with E-state index in [4.69, 9.17) is 9.84 Å². The number of carboxylic acid groups (broad SMARTS) is 1. The fourth-order valence-electron chi connectivity index (χ4n) is 2.20. The summed E-state index contributed by atoms with van der Waals surface area (Å²) in [6, 6.07) is 3.61. The zero-order chi connectivity index (χ0) is 13.0. The average Bonchev–Trinajstić information content (AvgIpc) is 2.40. The summed E-state index contributed by atoms with van der Waals surface area (Å²) in [5.74, 6) is -0.406. The summed E-state index contributed by atoms with van der Waals surface area (Å²) in [6.07, 6.45) is 3.70. The molecule has 0 aliphatic carbocycles. The Morgan fingerprint density at radius 1 is 1.50 bits per heavy atom. The Bertz CT molecular complexity index is 399. The predicted molar refractivity (Wildman–Crippen MR) is 67.8 cm³/mol. The summed E-state index contributed by atoms with van der Waals surface area (Å²) in [4.78, 5) is 14.6. The molecule has 5 heteroatoms. The number of nitrogens with one attached hydrogen (secondary N) is 1. The van der Waals surface area contributed by atoms with E-state index in [9.17, 15) is 4.79 Å². The molecule has 1 aliphatic heterocycles. The number of anilines is 1. The van der Waals surface area contributed by atoms with E-state index in [2.05, 4.69) is 17.2 Å². The van der Waals surface area contributed by atoms with Crippen LogP contribution in [0.3, 0.4) is 0 Å². The van der Waals surface area contributed by atoms with E-state index in [-0.39, 0.29) is 5.69 Å². The molecule has 1 saturated heterocycles. The maximum atomic E-state index is 10.7. The van der Waals surface area contributed by atoms with Gasteiger partial charge in [-0.05, 0) is 37.8 Å². The van der Waals surface area contributed by atoms with E-state index in [0.29, 0.717) is 12.0 Å². The molecule has 0 spiro atoms. The molecule has 0 aromatic carbocycles. The number of hydrogen-bond donors (Lipinski definition) is 2. The fraction of sp³-hybridized carbons (Fsp3) is 0.538. The number of carboxylic acids is 1. The maximum Gasteiger partial charge on any atom is 0.354 e. The SMILES string of the molecule is CC(Nc1ccc(C(=O)O)nc1)C1CCOCC1. The minimum absolute atomic E-state index is 0.0688. The third kappa shape index (κ3) is 3.20. The Morgan fingerprint density at radius 2 is 2.22 bits per heavy atom. The summed E-state index contributed by atoms with van der Waals surface area (Å²) in [7, 11) is 0. The topological polar surface area (TPSA) is 71.5 Å². The van der Waals surface area contributed by atoms with Gasteiger partial charge in [0, 0.05) is 19.3 Å². The van der Waals surface area contributed by atoms with Crippen molar-refractivity contribution in [2.75, 3.05) is 18.5 Å². The predicted octanol–water partition coefficient (Wildman–Crippen LogP) is 2.01. The van der Waals surface area contributed by atoms with Gasteiger partial charge < -0.3 is 15.2 Å². The molecule has 0 amide bonds. The Balaban J connectivity index is 1.93. The van der Waals surface area contributed by atoms with E-state index in [0.717, 1.165) is 31.7 Å². The smallest absolute Gasteiger partial charge is 0.354 e. The van der Waals surface area contributed by atoms with Gasteiger partial charge in [-0.25, -0.2) is 9.78 Å². The lowest BCUT2D eigenvalue weighted by atomic mass is 9.93. The van der Waals surface area contributed by atoms with Crippen LogP contribution < -0.4 is 5.32 Å². The van der Waals surface area contributed by atoms with Crippen LogP contribution in [-0.4, -0.2) is 35.3 Å². The molecule has 1 unspecified atom stereocenters. The van der Waals surface area contributed by atoms with Crippen LogP contribution in [-0.2, 0) is 4.74 Å². The van der Waals surface area contributed by atoms with Gasteiger partial charge >= 0.3 is 5.97 Å². The first-order valence-electron chi connectivity index (χ1n) is 6.20. The molecule has 2 rings (SSSR count). The second-order valence-electron chi connectivity index (χ2n) is 4.62. The Hall–Kier alpha value is -1.62. The van der Waals surface area contributed by atoms with E-state index < -0.39 is 5.97 Å². The van der Waals surface area contributed by atoms with Crippen molar-refractivity contribution in [2.24, 2.45) is 5.92 Å². The molecule has 1 atom stereocenters. The highest BCUT2D eigenvalue weighted by Gasteiger charge is 2.20. The number of aromatic carboxylic acids is 1. The first kappa shape index (κ1) is 12.8. The lowest BCUT2D eigenvalue weighted by Crippen LogP contribution is -2.31. The van der Waals surface area contributed by atoms with Gasteiger partial charge in [-0.1, -0.05) is 0 Å².